The van der Waals surface area contributed by atoms with Crippen molar-refractivity contribution in [2.24, 2.45) is 11.8 Å². The SMILES string of the molecule is CC(C)(CN1CCN(S)CC1)N1CC2CC1CC2C(C)(C)N1CCS(=O)(=O)CC1. The Kier molecular flexibility index (Phi) is 6.10. The highest BCUT2D eigenvalue weighted by molar-refractivity contribution is 7.91. The van der Waals surface area contributed by atoms with Crippen LogP contribution in [-0.4, -0.2) is 108 Å². The summed E-state index contributed by atoms with van der Waals surface area (Å²) in [6, 6.07) is 0.680. The van der Waals surface area contributed by atoms with Gasteiger partial charge in [0.15, 0.2) is 9.84 Å². The van der Waals surface area contributed by atoms with Crippen molar-refractivity contribution in [3.8, 4) is 0 Å². The first-order valence-electron chi connectivity index (χ1n) is 11.4. The average Bonchev–Trinajstić information content (AvgIpc) is 3.25. The minimum Gasteiger partial charge on any atom is -0.299 e. The first-order valence-corrected chi connectivity index (χ1v) is 13.6. The number of piperidine rings is 1. The minimum absolute atomic E-state index is 0.0918. The zero-order valence-electron chi connectivity index (χ0n) is 18.7. The van der Waals surface area contributed by atoms with Crippen LogP contribution >= 0.6 is 12.8 Å². The molecule has 29 heavy (non-hydrogen) atoms. The van der Waals surface area contributed by atoms with Gasteiger partial charge in [-0.05, 0) is 52.4 Å². The van der Waals surface area contributed by atoms with Crippen molar-refractivity contribution < 1.29 is 8.42 Å². The Morgan fingerprint density at radius 1 is 0.931 bits per heavy atom. The van der Waals surface area contributed by atoms with Crippen LogP contribution in [0.2, 0.25) is 0 Å². The van der Waals surface area contributed by atoms with Gasteiger partial charge in [0.1, 0.15) is 0 Å². The van der Waals surface area contributed by atoms with E-state index in [1.807, 2.05) is 0 Å². The molecular formula is C21H40N4O2S2. The van der Waals surface area contributed by atoms with E-state index in [4.69, 9.17) is 0 Å². The first kappa shape index (κ1) is 22.3. The summed E-state index contributed by atoms with van der Waals surface area (Å²) in [6.45, 7) is 17.6. The van der Waals surface area contributed by atoms with E-state index < -0.39 is 9.84 Å². The van der Waals surface area contributed by atoms with Gasteiger partial charge in [-0.1, -0.05) is 12.8 Å². The fourth-order valence-corrected chi connectivity index (χ4v) is 8.00. The van der Waals surface area contributed by atoms with Crippen LogP contribution in [0.1, 0.15) is 40.5 Å². The van der Waals surface area contributed by atoms with Gasteiger partial charge in [-0.3, -0.25) is 19.0 Å². The summed E-state index contributed by atoms with van der Waals surface area (Å²) < 4.78 is 25.9. The molecule has 2 bridgehead atoms. The summed E-state index contributed by atoms with van der Waals surface area (Å²) in [5.41, 5.74) is 0.293. The zero-order chi connectivity index (χ0) is 21.0. The largest absolute Gasteiger partial charge is 0.299 e. The van der Waals surface area contributed by atoms with Gasteiger partial charge in [0, 0.05) is 69.5 Å². The molecule has 0 aromatic heterocycles. The van der Waals surface area contributed by atoms with E-state index in [9.17, 15) is 8.42 Å². The lowest BCUT2D eigenvalue weighted by Crippen LogP contribution is -2.60. The molecule has 0 amide bonds. The van der Waals surface area contributed by atoms with E-state index in [0.29, 0.717) is 36.6 Å². The lowest BCUT2D eigenvalue weighted by molar-refractivity contribution is -0.0113. The van der Waals surface area contributed by atoms with Gasteiger partial charge in [0.2, 0.25) is 0 Å². The second-order valence-electron chi connectivity index (χ2n) is 11.0. The smallest absolute Gasteiger partial charge is 0.152 e. The fourth-order valence-electron chi connectivity index (χ4n) is 6.62. The molecule has 0 aromatic carbocycles. The van der Waals surface area contributed by atoms with Gasteiger partial charge in [-0.2, -0.15) is 0 Å². The number of likely N-dealkylation sites (tertiary alicyclic amines) is 1. The quantitative estimate of drug-likeness (QED) is 0.648. The first-order chi connectivity index (χ1) is 13.5. The summed E-state index contributed by atoms with van der Waals surface area (Å²) in [5, 5.41) is 0. The molecule has 8 heteroatoms. The van der Waals surface area contributed by atoms with Crippen LogP contribution in [-0.2, 0) is 9.84 Å². The van der Waals surface area contributed by atoms with Gasteiger partial charge < -0.3 is 0 Å². The molecule has 0 N–H and O–H groups in total. The van der Waals surface area contributed by atoms with E-state index in [-0.39, 0.29) is 11.1 Å². The second kappa shape index (κ2) is 7.93. The van der Waals surface area contributed by atoms with Crippen LogP contribution in [0.3, 0.4) is 0 Å². The molecule has 3 heterocycles. The Labute approximate surface area is 183 Å². The number of hydrogen-bond donors (Lipinski definition) is 1. The predicted octanol–water partition coefficient (Wildman–Crippen LogP) is 1.45. The molecule has 1 aliphatic carbocycles. The average molecular weight is 445 g/mol. The lowest BCUT2D eigenvalue weighted by atomic mass is 9.76. The predicted molar refractivity (Wildman–Crippen MR) is 122 cm³/mol. The Bertz CT molecular complexity index is 689. The molecule has 168 valence electrons. The third kappa shape index (κ3) is 4.53. The van der Waals surface area contributed by atoms with Crippen LogP contribution in [0.4, 0.5) is 0 Å². The summed E-state index contributed by atoms with van der Waals surface area (Å²) >= 11 is 4.48. The Balaban J connectivity index is 1.36. The summed E-state index contributed by atoms with van der Waals surface area (Å²) in [5.74, 6) is 2.07. The van der Waals surface area contributed by atoms with E-state index >= 15 is 0 Å². The molecule has 0 radical (unpaired) electrons. The van der Waals surface area contributed by atoms with Crippen molar-refractivity contribution >= 4 is 22.7 Å². The highest BCUT2D eigenvalue weighted by Gasteiger charge is 2.54. The number of rotatable bonds is 5. The maximum absolute atomic E-state index is 11.9. The standard InChI is InChI=1S/C21H40N4O2S2/c1-20(2,16-22-5-7-24(28)8-6-22)25-15-17-13-18(25)14-19(17)21(3,4)23-9-11-29(26,27)12-10-23/h17-19,28H,5-16H2,1-4H3. The summed E-state index contributed by atoms with van der Waals surface area (Å²) in [7, 11) is -2.82. The van der Waals surface area contributed by atoms with E-state index in [2.05, 4.69) is 59.5 Å². The van der Waals surface area contributed by atoms with Crippen molar-refractivity contribution in [2.75, 3.05) is 63.9 Å². The summed E-state index contributed by atoms with van der Waals surface area (Å²) in [4.78, 5) is 7.86. The van der Waals surface area contributed by atoms with E-state index in [0.717, 1.165) is 38.6 Å². The molecule has 6 nitrogen and oxygen atoms in total. The number of nitrogens with zero attached hydrogens (tertiary/aromatic N) is 4. The second-order valence-corrected chi connectivity index (χ2v) is 13.8. The van der Waals surface area contributed by atoms with E-state index in [1.54, 1.807) is 0 Å². The van der Waals surface area contributed by atoms with Gasteiger partial charge in [0.25, 0.3) is 0 Å². The van der Waals surface area contributed by atoms with Gasteiger partial charge in [-0.15, -0.1) is 0 Å². The zero-order valence-corrected chi connectivity index (χ0v) is 20.4. The van der Waals surface area contributed by atoms with Crippen molar-refractivity contribution in [3.63, 3.8) is 0 Å². The highest BCUT2D eigenvalue weighted by atomic mass is 32.2. The van der Waals surface area contributed by atoms with Crippen molar-refractivity contribution in [3.05, 3.63) is 0 Å². The minimum atomic E-state index is -2.82. The van der Waals surface area contributed by atoms with E-state index in [1.165, 1.54) is 19.4 Å². The Hall–Kier alpha value is 0.140. The van der Waals surface area contributed by atoms with Crippen LogP contribution in [0.25, 0.3) is 0 Å². The molecule has 4 rings (SSSR count). The van der Waals surface area contributed by atoms with Crippen LogP contribution in [0.15, 0.2) is 0 Å². The van der Waals surface area contributed by atoms with Gasteiger partial charge >= 0.3 is 0 Å². The third-order valence-corrected chi connectivity index (χ3v) is 10.4. The van der Waals surface area contributed by atoms with Gasteiger partial charge in [-0.25, -0.2) is 8.42 Å². The molecule has 4 aliphatic rings. The Morgan fingerprint density at radius 2 is 1.55 bits per heavy atom. The lowest BCUT2D eigenvalue weighted by Gasteiger charge is -2.51. The normalized spacial score (nSPS) is 35.4. The number of thiol groups is 1. The molecule has 1 saturated carbocycles. The molecule has 3 atom stereocenters. The van der Waals surface area contributed by atoms with Crippen LogP contribution < -0.4 is 0 Å². The van der Waals surface area contributed by atoms with Crippen molar-refractivity contribution in [2.45, 2.75) is 57.7 Å². The monoisotopic (exact) mass is 444 g/mol. The number of sulfone groups is 1. The number of hydrogen-bond acceptors (Lipinski definition) is 7. The number of piperazine rings is 1. The fraction of sp³-hybridized carbons (Fsp3) is 1.00. The summed E-state index contributed by atoms with van der Waals surface area (Å²) in [6.07, 6.45) is 2.57. The topological polar surface area (TPSA) is 47.1 Å². The van der Waals surface area contributed by atoms with Crippen LogP contribution in [0, 0.1) is 11.8 Å². The molecule has 0 aromatic rings. The molecule has 3 aliphatic heterocycles. The van der Waals surface area contributed by atoms with Crippen molar-refractivity contribution in [1.82, 2.24) is 19.0 Å². The maximum Gasteiger partial charge on any atom is 0.152 e. The third-order valence-electron chi connectivity index (χ3n) is 8.35. The molecule has 3 saturated heterocycles. The van der Waals surface area contributed by atoms with Gasteiger partial charge in [0.05, 0.1) is 11.5 Å². The van der Waals surface area contributed by atoms with Crippen LogP contribution in [0.5, 0.6) is 0 Å². The highest BCUT2D eigenvalue weighted by Crippen LogP contribution is 2.50. The maximum atomic E-state index is 11.9. The number of fused-ring (bicyclic) bond motifs is 2. The Morgan fingerprint density at radius 3 is 2.10 bits per heavy atom. The molecular weight excluding hydrogens is 404 g/mol. The molecule has 4 fully saturated rings. The molecule has 0 spiro atoms. The molecule has 3 unspecified atom stereocenters. The van der Waals surface area contributed by atoms with Crippen molar-refractivity contribution in [1.29, 1.82) is 0 Å².